The fourth-order valence-electron chi connectivity index (χ4n) is 3.81. The lowest BCUT2D eigenvalue weighted by Crippen LogP contribution is -2.29. The normalized spacial score (nSPS) is 24.7. The molecule has 4 heteroatoms. The molecule has 2 N–H and O–H groups in total. The van der Waals surface area contributed by atoms with Gasteiger partial charge in [0.2, 0.25) is 0 Å². The van der Waals surface area contributed by atoms with Gasteiger partial charge in [-0.3, -0.25) is 0 Å². The Balaban J connectivity index is 1.78. The Hall–Kier alpha value is -1.94. The molecule has 1 aliphatic carbocycles. The molecule has 2 aromatic carbocycles. The largest absolute Gasteiger partial charge is 0.504 e. The molecular formula is C19H18BrNO2. The minimum Gasteiger partial charge on any atom is -0.504 e. The van der Waals surface area contributed by atoms with E-state index in [1.54, 1.807) is 7.11 Å². The molecule has 3 atom stereocenters. The van der Waals surface area contributed by atoms with E-state index in [2.05, 4.69) is 51.6 Å². The number of nitrogens with one attached hydrogen (secondary N) is 1. The Labute approximate surface area is 144 Å². The van der Waals surface area contributed by atoms with Gasteiger partial charge < -0.3 is 15.2 Å². The summed E-state index contributed by atoms with van der Waals surface area (Å²) in [5, 5.41) is 13.8. The first-order valence-electron chi connectivity index (χ1n) is 7.77. The molecule has 1 aliphatic heterocycles. The van der Waals surface area contributed by atoms with E-state index in [4.69, 9.17) is 4.74 Å². The molecule has 0 bridgehead atoms. The number of allylic oxidation sites excluding steroid dienone is 2. The maximum Gasteiger partial charge on any atom is 0.160 e. The number of fused-ring (bicyclic) bond motifs is 3. The van der Waals surface area contributed by atoms with Gasteiger partial charge >= 0.3 is 0 Å². The number of hydrogen-bond acceptors (Lipinski definition) is 3. The minimum absolute atomic E-state index is 0.165. The summed E-state index contributed by atoms with van der Waals surface area (Å²) in [6.45, 7) is 0. The quantitative estimate of drug-likeness (QED) is 0.730. The van der Waals surface area contributed by atoms with Crippen LogP contribution in [0.1, 0.15) is 29.5 Å². The number of halogens is 1. The standard InChI is InChI=1S/C19H18BrNO2/c1-23-17-9-8-11(10-16(17)22)18-13-5-2-4-12(13)14-6-3-7-15(20)19(14)21-18/h2-4,6-10,12-13,18,21-22H,5H2,1H3. The Morgan fingerprint density at radius 1 is 1.26 bits per heavy atom. The Kier molecular flexibility index (Phi) is 3.57. The fraction of sp³-hybridized carbons (Fsp3) is 0.263. The SMILES string of the molecule is COc1ccc(C2Nc3c(Br)cccc3C3C=CCC32)cc1O. The first-order chi connectivity index (χ1) is 11.2. The van der Waals surface area contributed by atoms with Crippen molar-refractivity contribution in [3.8, 4) is 11.5 Å². The van der Waals surface area contributed by atoms with Crippen molar-refractivity contribution in [2.24, 2.45) is 5.92 Å². The Bertz CT molecular complexity index is 787. The number of phenols is 1. The van der Waals surface area contributed by atoms with Gasteiger partial charge in [0.05, 0.1) is 18.8 Å². The first kappa shape index (κ1) is 14.6. The fourth-order valence-corrected chi connectivity index (χ4v) is 4.31. The summed E-state index contributed by atoms with van der Waals surface area (Å²) >= 11 is 3.66. The number of rotatable bonds is 2. The van der Waals surface area contributed by atoms with Crippen LogP contribution in [-0.2, 0) is 0 Å². The van der Waals surface area contributed by atoms with Crippen molar-refractivity contribution >= 4 is 21.6 Å². The highest BCUT2D eigenvalue weighted by molar-refractivity contribution is 9.10. The monoisotopic (exact) mass is 371 g/mol. The summed E-state index contributed by atoms with van der Waals surface area (Å²) < 4.78 is 6.24. The predicted molar refractivity (Wildman–Crippen MR) is 95.2 cm³/mol. The molecule has 118 valence electrons. The van der Waals surface area contributed by atoms with Crippen LogP contribution in [0.25, 0.3) is 0 Å². The maximum absolute atomic E-state index is 10.1. The maximum atomic E-state index is 10.1. The number of anilines is 1. The van der Waals surface area contributed by atoms with Gasteiger partial charge in [0.25, 0.3) is 0 Å². The van der Waals surface area contributed by atoms with Gasteiger partial charge in [-0.2, -0.15) is 0 Å². The summed E-state index contributed by atoms with van der Waals surface area (Å²) in [5.74, 6) is 1.57. The van der Waals surface area contributed by atoms with Crippen LogP contribution >= 0.6 is 15.9 Å². The Morgan fingerprint density at radius 3 is 2.91 bits per heavy atom. The number of phenolic OH excluding ortho intramolecular Hbond substituents is 1. The molecule has 0 amide bonds. The van der Waals surface area contributed by atoms with Crippen LogP contribution in [-0.4, -0.2) is 12.2 Å². The van der Waals surface area contributed by atoms with Gasteiger partial charge in [0, 0.05) is 10.4 Å². The second kappa shape index (κ2) is 5.60. The van der Waals surface area contributed by atoms with E-state index >= 15 is 0 Å². The van der Waals surface area contributed by atoms with E-state index in [-0.39, 0.29) is 11.8 Å². The van der Waals surface area contributed by atoms with Crippen molar-refractivity contribution in [2.75, 3.05) is 12.4 Å². The lowest BCUT2D eigenvalue weighted by Gasteiger charge is -2.38. The topological polar surface area (TPSA) is 41.5 Å². The van der Waals surface area contributed by atoms with Crippen LogP contribution in [0, 0.1) is 5.92 Å². The minimum atomic E-state index is 0.165. The van der Waals surface area contributed by atoms with Gasteiger partial charge in [0.15, 0.2) is 11.5 Å². The Morgan fingerprint density at radius 2 is 2.13 bits per heavy atom. The van der Waals surface area contributed by atoms with E-state index in [0.717, 1.165) is 22.1 Å². The summed E-state index contributed by atoms with van der Waals surface area (Å²) in [6.07, 6.45) is 5.62. The van der Waals surface area contributed by atoms with Gasteiger partial charge in [-0.15, -0.1) is 0 Å². The molecule has 0 spiro atoms. The summed E-state index contributed by atoms with van der Waals surface area (Å²) in [4.78, 5) is 0. The molecule has 0 radical (unpaired) electrons. The second-order valence-corrected chi connectivity index (χ2v) is 6.97. The van der Waals surface area contributed by atoms with E-state index in [1.165, 1.54) is 5.56 Å². The molecule has 0 aromatic heterocycles. The molecule has 23 heavy (non-hydrogen) atoms. The summed E-state index contributed by atoms with van der Waals surface area (Å²) in [6, 6.07) is 12.2. The van der Waals surface area contributed by atoms with Crippen LogP contribution in [0.4, 0.5) is 5.69 Å². The van der Waals surface area contributed by atoms with Gasteiger partial charge in [0.1, 0.15) is 0 Å². The van der Waals surface area contributed by atoms with Gasteiger partial charge in [-0.25, -0.2) is 0 Å². The molecule has 2 aromatic rings. The zero-order valence-corrected chi connectivity index (χ0v) is 14.4. The first-order valence-corrected chi connectivity index (χ1v) is 8.57. The molecule has 2 aliphatic rings. The summed E-state index contributed by atoms with van der Waals surface area (Å²) in [7, 11) is 1.57. The predicted octanol–water partition coefficient (Wildman–Crippen LogP) is 4.99. The number of hydrogen-bond donors (Lipinski definition) is 2. The smallest absolute Gasteiger partial charge is 0.160 e. The number of benzene rings is 2. The van der Waals surface area contributed by atoms with E-state index < -0.39 is 0 Å². The lowest BCUT2D eigenvalue weighted by molar-refractivity contribution is 0.371. The third-order valence-electron chi connectivity index (χ3n) is 4.91. The van der Waals surface area contributed by atoms with Crippen molar-refractivity contribution in [1.29, 1.82) is 0 Å². The molecular weight excluding hydrogens is 354 g/mol. The summed E-state index contributed by atoms with van der Waals surface area (Å²) in [5.41, 5.74) is 3.58. The number of methoxy groups -OCH3 is 1. The molecule has 0 saturated carbocycles. The second-order valence-electron chi connectivity index (χ2n) is 6.11. The van der Waals surface area contributed by atoms with Gasteiger partial charge in [-0.05, 0) is 57.6 Å². The lowest BCUT2D eigenvalue weighted by atomic mass is 9.77. The van der Waals surface area contributed by atoms with Crippen LogP contribution < -0.4 is 10.1 Å². The third-order valence-corrected chi connectivity index (χ3v) is 5.57. The van der Waals surface area contributed by atoms with Crippen molar-refractivity contribution in [3.63, 3.8) is 0 Å². The van der Waals surface area contributed by atoms with E-state index in [9.17, 15) is 5.11 Å². The molecule has 3 nitrogen and oxygen atoms in total. The van der Waals surface area contributed by atoms with Crippen LogP contribution in [0.15, 0.2) is 53.0 Å². The molecule has 4 rings (SSSR count). The third kappa shape index (κ3) is 2.32. The number of ether oxygens (including phenoxy) is 1. The highest BCUT2D eigenvalue weighted by Crippen LogP contribution is 2.51. The van der Waals surface area contributed by atoms with E-state index in [1.807, 2.05) is 18.2 Å². The van der Waals surface area contributed by atoms with Crippen molar-refractivity contribution in [3.05, 3.63) is 64.1 Å². The zero-order chi connectivity index (χ0) is 16.0. The molecule has 1 heterocycles. The van der Waals surface area contributed by atoms with E-state index in [0.29, 0.717) is 17.6 Å². The zero-order valence-electron chi connectivity index (χ0n) is 12.8. The van der Waals surface area contributed by atoms with Gasteiger partial charge in [-0.1, -0.05) is 30.4 Å². The highest BCUT2D eigenvalue weighted by Gasteiger charge is 2.38. The molecule has 0 fully saturated rings. The average Bonchev–Trinajstić information content (AvgIpc) is 3.04. The van der Waals surface area contributed by atoms with Crippen LogP contribution in [0.2, 0.25) is 0 Å². The van der Waals surface area contributed by atoms with Crippen LogP contribution in [0.5, 0.6) is 11.5 Å². The van der Waals surface area contributed by atoms with Crippen LogP contribution in [0.3, 0.4) is 0 Å². The average molecular weight is 372 g/mol. The molecule has 0 saturated heterocycles. The van der Waals surface area contributed by atoms with Crippen molar-refractivity contribution in [2.45, 2.75) is 18.4 Å². The number of aromatic hydroxyl groups is 1. The van der Waals surface area contributed by atoms with Crippen molar-refractivity contribution in [1.82, 2.24) is 0 Å². The molecule has 3 unspecified atom stereocenters. The highest BCUT2D eigenvalue weighted by atomic mass is 79.9. The number of para-hydroxylation sites is 1. The van der Waals surface area contributed by atoms with Crippen molar-refractivity contribution < 1.29 is 9.84 Å².